The molecule has 262 valence electrons. The lowest BCUT2D eigenvalue weighted by Gasteiger charge is -2.49. The van der Waals surface area contributed by atoms with Gasteiger partial charge in [-0.2, -0.15) is 0 Å². The van der Waals surface area contributed by atoms with Crippen molar-refractivity contribution in [3.05, 3.63) is 85.8 Å². The first-order chi connectivity index (χ1) is 23.6. The molecule has 0 spiro atoms. The Kier molecular flexibility index (Phi) is 10.6. The highest BCUT2D eigenvalue weighted by molar-refractivity contribution is 5.90. The van der Waals surface area contributed by atoms with Crippen LogP contribution in [0.15, 0.2) is 56.8 Å². The topological polar surface area (TPSA) is 122 Å². The van der Waals surface area contributed by atoms with E-state index in [0.29, 0.717) is 59.1 Å². The quantitative estimate of drug-likeness (QED) is 0.173. The van der Waals surface area contributed by atoms with E-state index in [9.17, 15) is 19.5 Å². The molecule has 1 N–H and O–H groups in total. The van der Waals surface area contributed by atoms with Crippen molar-refractivity contribution in [3.63, 3.8) is 0 Å². The minimum Gasteiger partial charge on any atom is -0.483 e. The number of hydrogen-bond acceptors (Lipinski definition) is 9. The Morgan fingerprint density at radius 3 is 2.27 bits per heavy atom. The van der Waals surface area contributed by atoms with Crippen LogP contribution < -0.4 is 10.4 Å². The molecule has 49 heavy (non-hydrogen) atoms. The summed E-state index contributed by atoms with van der Waals surface area (Å²) < 4.78 is 31.1. The molecule has 1 saturated carbocycles. The number of hydrogen-bond donors (Lipinski definition) is 1. The first-order valence-corrected chi connectivity index (χ1v) is 17.7. The molecular weight excluding hydrogens is 624 g/mol. The lowest BCUT2D eigenvalue weighted by molar-refractivity contribution is -0.200. The molecule has 0 saturated heterocycles. The summed E-state index contributed by atoms with van der Waals surface area (Å²) in [6.45, 7) is 5.63. The van der Waals surface area contributed by atoms with E-state index >= 15 is 0 Å². The van der Waals surface area contributed by atoms with Crippen LogP contribution in [0.5, 0.6) is 5.75 Å². The third-order valence-corrected chi connectivity index (χ3v) is 10.7. The number of esters is 2. The smallest absolute Gasteiger partial charge is 0.339 e. The van der Waals surface area contributed by atoms with Gasteiger partial charge in [0.2, 0.25) is 0 Å². The molecular formula is C40H48O9. The number of benzene rings is 2. The van der Waals surface area contributed by atoms with Crippen molar-refractivity contribution in [2.45, 2.75) is 116 Å². The average Bonchev–Trinajstić information content (AvgIpc) is 3.09. The van der Waals surface area contributed by atoms with Crippen LogP contribution in [-0.4, -0.2) is 42.5 Å². The van der Waals surface area contributed by atoms with Gasteiger partial charge in [-0.15, -0.1) is 0 Å². The van der Waals surface area contributed by atoms with Crippen molar-refractivity contribution in [2.24, 2.45) is 5.92 Å². The van der Waals surface area contributed by atoms with Crippen molar-refractivity contribution < 1.29 is 38.1 Å². The van der Waals surface area contributed by atoms with E-state index in [0.717, 1.165) is 48.8 Å². The molecule has 1 aliphatic carbocycles. The van der Waals surface area contributed by atoms with Crippen LogP contribution in [0, 0.1) is 5.92 Å². The van der Waals surface area contributed by atoms with E-state index in [1.165, 1.54) is 0 Å². The summed E-state index contributed by atoms with van der Waals surface area (Å²) in [5.41, 5.74) is 3.20. The zero-order chi connectivity index (χ0) is 34.7. The number of aryl methyl sites for hydroxylation is 2. The average molecular weight is 673 g/mol. The molecule has 3 aromatic rings. The number of aliphatic hydroxyl groups is 1. The van der Waals surface area contributed by atoms with Gasteiger partial charge in [0, 0.05) is 42.4 Å². The Hall–Kier alpha value is -3.95. The largest absolute Gasteiger partial charge is 0.483 e. The molecule has 9 heteroatoms. The maximum absolute atomic E-state index is 14.3. The van der Waals surface area contributed by atoms with E-state index in [4.69, 9.17) is 23.4 Å². The van der Waals surface area contributed by atoms with Gasteiger partial charge in [-0.25, -0.2) is 9.59 Å². The van der Waals surface area contributed by atoms with Crippen molar-refractivity contribution in [1.82, 2.24) is 0 Å². The number of allylic oxidation sites excluding steroid dienone is 1. The van der Waals surface area contributed by atoms with Gasteiger partial charge < -0.3 is 28.5 Å². The summed E-state index contributed by atoms with van der Waals surface area (Å²) in [5.74, 6) is -0.518. The van der Waals surface area contributed by atoms with Gasteiger partial charge in [-0.05, 0) is 88.1 Å². The lowest BCUT2D eigenvalue weighted by Crippen LogP contribution is -2.58. The first kappa shape index (κ1) is 34.9. The zero-order valence-electron chi connectivity index (χ0n) is 29.1. The fourth-order valence-electron chi connectivity index (χ4n) is 7.93. The Morgan fingerprint density at radius 1 is 0.878 bits per heavy atom. The molecule has 4 aliphatic rings. The van der Waals surface area contributed by atoms with Crippen LogP contribution in [-0.2, 0) is 49.7 Å². The van der Waals surface area contributed by atoms with Crippen LogP contribution >= 0.6 is 0 Å². The van der Waals surface area contributed by atoms with Gasteiger partial charge >= 0.3 is 17.6 Å². The highest BCUT2D eigenvalue weighted by atomic mass is 16.6. The molecule has 7 rings (SSSR count). The normalized spacial score (nSPS) is 23.7. The Bertz CT molecular complexity index is 1780. The number of carbonyl (C=O) groups is 2. The van der Waals surface area contributed by atoms with Crippen LogP contribution in [0.1, 0.15) is 106 Å². The predicted molar refractivity (Wildman–Crippen MR) is 184 cm³/mol. The van der Waals surface area contributed by atoms with Crippen molar-refractivity contribution in [1.29, 1.82) is 0 Å². The second-order valence-corrected chi connectivity index (χ2v) is 14.1. The van der Waals surface area contributed by atoms with Gasteiger partial charge in [-0.3, -0.25) is 4.79 Å². The molecule has 2 bridgehead atoms. The van der Waals surface area contributed by atoms with Crippen LogP contribution in [0.4, 0.5) is 0 Å². The molecule has 0 unspecified atom stereocenters. The van der Waals surface area contributed by atoms with Gasteiger partial charge in [-0.1, -0.05) is 49.1 Å². The zero-order valence-corrected chi connectivity index (χ0v) is 29.1. The second-order valence-electron chi connectivity index (χ2n) is 14.1. The standard InChI is InChI=1S/C40H48O9/c1-24(2)28-18-17-26-15-13-25(14-16-26)9-8-12-33(42)46-36-34-32(49-40(3,37(36)48-38(28)43)27-10-6-5-7-11-27)20-19-29-31(23-41)30(21-22-45-4)39(44)47-35(29)34/h13-16,19-20,27,36-37,41H,5-12,17-18,21-23H2,1-4H3/t36-,37-,40-/m0/s1. The summed E-state index contributed by atoms with van der Waals surface area (Å²) in [5, 5.41) is 11.0. The lowest BCUT2D eigenvalue weighted by atomic mass is 9.71. The highest BCUT2D eigenvalue weighted by Crippen LogP contribution is 2.52. The number of methoxy groups -OCH3 is 1. The van der Waals surface area contributed by atoms with E-state index in [2.05, 4.69) is 24.3 Å². The maximum Gasteiger partial charge on any atom is 0.339 e. The summed E-state index contributed by atoms with van der Waals surface area (Å²) in [6.07, 6.45) is 5.53. The van der Waals surface area contributed by atoms with Crippen molar-refractivity contribution in [3.8, 4) is 5.75 Å². The monoisotopic (exact) mass is 672 g/mol. The van der Waals surface area contributed by atoms with Gasteiger partial charge in [0.05, 0.1) is 18.8 Å². The van der Waals surface area contributed by atoms with Gasteiger partial charge in [0.25, 0.3) is 0 Å². The SMILES string of the molecule is COCCc1c(CO)c2ccc3c(c2oc1=O)[C@@H]1OC(=O)CCCc2ccc(cc2)CCC(=C(C)C)C(=O)O[C@@H]1[C@](C)(C1CCCCC1)O3. The fraction of sp³-hybridized carbons (Fsp3) is 0.525. The summed E-state index contributed by atoms with van der Waals surface area (Å²) in [6, 6.07) is 11.9. The third kappa shape index (κ3) is 7.06. The molecule has 2 aromatic carbocycles. The molecule has 1 fully saturated rings. The minimum atomic E-state index is -1.13. The Balaban J connectivity index is 1.54. The molecule has 1 aromatic heterocycles. The Labute approximate surface area is 287 Å². The molecule has 3 atom stereocenters. The fourth-order valence-corrected chi connectivity index (χ4v) is 7.93. The van der Waals surface area contributed by atoms with Crippen molar-refractivity contribution >= 4 is 22.9 Å². The Morgan fingerprint density at radius 2 is 1.59 bits per heavy atom. The summed E-state index contributed by atoms with van der Waals surface area (Å²) >= 11 is 0. The van der Waals surface area contributed by atoms with Gasteiger partial charge in [0.15, 0.2) is 12.2 Å². The van der Waals surface area contributed by atoms with Gasteiger partial charge in [0.1, 0.15) is 16.9 Å². The molecule has 0 radical (unpaired) electrons. The van der Waals surface area contributed by atoms with E-state index < -0.39 is 42.0 Å². The number of ether oxygens (including phenoxy) is 4. The third-order valence-electron chi connectivity index (χ3n) is 10.7. The number of fused-ring (bicyclic) bond motifs is 13. The predicted octanol–water partition coefficient (Wildman–Crippen LogP) is 7.01. The molecule has 9 nitrogen and oxygen atoms in total. The molecule has 0 amide bonds. The molecule has 4 heterocycles. The van der Waals surface area contributed by atoms with Crippen LogP contribution in [0.2, 0.25) is 0 Å². The maximum atomic E-state index is 14.3. The van der Waals surface area contributed by atoms with Crippen LogP contribution in [0.3, 0.4) is 0 Å². The minimum absolute atomic E-state index is 0.0132. The van der Waals surface area contributed by atoms with E-state index in [1.54, 1.807) is 19.2 Å². The van der Waals surface area contributed by atoms with Crippen LogP contribution in [0.25, 0.3) is 11.0 Å². The second kappa shape index (κ2) is 14.9. The molecule has 3 aliphatic heterocycles. The number of carbonyl (C=O) groups excluding carboxylic acids is 2. The van der Waals surface area contributed by atoms with E-state index in [1.807, 2.05) is 20.8 Å². The first-order valence-electron chi connectivity index (χ1n) is 17.7. The van der Waals surface area contributed by atoms with Crippen molar-refractivity contribution in [2.75, 3.05) is 13.7 Å². The number of aliphatic hydroxyl groups excluding tert-OH is 1. The summed E-state index contributed by atoms with van der Waals surface area (Å²) in [4.78, 5) is 41.6. The highest BCUT2D eigenvalue weighted by Gasteiger charge is 2.56. The summed E-state index contributed by atoms with van der Waals surface area (Å²) in [7, 11) is 1.54. The van der Waals surface area contributed by atoms with E-state index in [-0.39, 0.29) is 30.9 Å². The number of rotatable bonds is 5.